The van der Waals surface area contributed by atoms with Crippen LogP contribution in [0, 0.1) is 5.92 Å². The molecule has 21 heavy (non-hydrogen) atoms. The summed E-state index contributed by atoms with van der Waals surface area (Å²) < 4.78 is 4.87. The Bertz CT molecular complexity index is 322. The number of hydrogen-bond acceptors (Lipinski definition) is 4. The van der Waals surface area contributed by atoms with Crippen molar-refractivity contribution < 1.29 is 14.3 Å². The minimum atomic E-state index is -0.263. The third-order valence-electron chi connectivity index (χ3n) is 4.13. The van der Waals surface area contributed by atoms with Crippen molar-refractivity contribution in [2.45, 2.75) is 71.8 Å². The SMILES string of the molecule is CCOC(=O)CCC(=O)CN(CCC(C)C)C1CCCC1. The molecule has 0 saturated heterocycles. The van der Waals surface area contributed by atoms with Crippen LogP contribution in [0.15, 0.2) is 0 Å². The van der Waals surface area contributed by atoms with Gasteiger partial charge in [0.05, 0.1) is 19.6 Å². The van der Waals surface area contributed by atoms with Gasteiger partial charge in [-0.25, -0.2) is 0 Å². The summed E-state index contributed by atoms with van der Waals surface area (Å²) >= 11 is 0. The van der Waals surface area contributed by atoms with E-state index in [9.17, 15) is 9.59 Å². The third kappa shape index (κ3) is 7.60. The minimum absolute atomic E-state index is 0.165. The third-order valence-corrected chi connectivity index (χ3v) is 4.13. The van der Waals surface area contributed by atoms with Gasteiger partial charge in [0.2, 0.25) is 0 Å². The lowest BCUT2D eigenvalue weighted by molar-refractivity contribution is -0.144. The van der Waals surface area contributed by atoms with E-state index in [0.717, 1.165) is 13.0 Å². The van der Waals surface area contributed by atoms with E-state index < -0.39 is 0 Å². The maximum absolute atomic E-state index is 12.1. The van der Waals surface area contributed by atoms with E-state index >= 15 is 0 Å². The first-order chi connectivity index (χ1) is 10.0. The number of ketones is 1. The van der Waals surface area contributed by atoms with Gasteiger partial charge in [-0.3, -0.25) is 14.5 Å². The lowest BCUT2D eigenvalue weighted by atomic mass is 10.1. The predicted molar refractivity (Wildman–Crippen MR) is 84.2 cm³/mol. The molecule has 4 nitrogen and oxygen atoms in total. The Labute approximate surface area is 129 Å². The number of rotatable bonds is 10. The fraction of sp³-hybridized carbons (Fsp3) is 0.882. The van der Waals surface area contributed by atoms with Gasteiger partial charge in [-0.15, -0.1) is 0 Å². The van der Waals surface area contributed by atoms with Crippen LogP contribution in [-0.4, -0.2) is 42.4 Å². The van der Waals surface area contributed by atoms with E-state index in [1.807, 2.05) is 0 Å². The van der Waals surface area contributed by atoms with Gasteiger partial charge in [-0.1, -0.05) is 26.7 Å². The quantitative estimate of drug-likeness (QED) is 0.581. The van der Waals surface area contributed by atoms with Gasteiger partial charge in [0.15, 0.2) is 0 Å². The normalized spacial score (nSPS) is 15.9. The first-order valence-electron chi connectivity index (χ1n) is 8.44. The molecular weight excluding hydrogens is 266 g/mol. The Morgan fingerprint density at radius 2 is 1.86 bits per heavy atom. The summed E-state index contributed by atoms with van der Waals surface area (Å²) in [6.07, 6.45) is 6.63. The molecule has 122 valence electrons. The van der Waals surface area contributed by atoms with Gasteiger partial charge < -0.3 is 4.74 Å². The molecular formula is C17H31NO3. The molecule has 4 heteroatoms. The molecule has 0 aromatic rings. The Morgan fingerprint density at radius 1 is 1.19 bits per heavy atom. The average Bonchev–Trinajstić information content (AvgIpc) is 2.95. The molecule has 0 aliphatic heterocycles. The zero-order valence-corrected chi connectivity index (χ0v) is 13.9. The van der Waals surface area contributed by atoms with Gasteiger partial charge >= 0.3 is 5.97 Å². The number of esters is 1. The first-order valence-corrected chi connectivity index (χ1v) is 8.44. The number of nitrogens with zero attached hydrogens (tertiary/aromatic N) is 1. The number of ether oxygens (including phenoxy) is 1. The van der Waals surface area contributed by atoms with Gasteiger partial charge in [0, 0.05) is 12.5 Å². The molecule has 0 atom stereocenters. The fourth-order valence-corrected chi connectivity index (χ4v) is 2.86. The summed E-state index contributed by atoms with van der Waals surface area (Å²) in [5, 5.41) is 0. The summed E-state index contributed by atoms with van der Waals surface area (Å²) in [5.74, 6) is 0.558. The van der Waals surface area contributed by atoms with E-state index in [4.69, 9.17) is 4.74 Å². The van der Waals surface area contributed by atoms with Crippen molar-refractivity contribution in [3.8, 4) is 0 Å². The van der Waals surface area contributed by atoms with E-state index in [1.54, 1.807) is 6.92 Å². The number of Topliss-reactive ketones (excluding diaryl/α,β-unsaturated/α-hetero) is 1. The molecule has 1 aliphatic rings. The summed E-state index contributed by atoms with van der Waals surface area (Å²) in [6, 6.07) is 0.565. The second-order valence-electron chi connectivity index (χ2n) is 6.43. The predicted octanol–water partition coefficient (Wildman–Crippen LogP) is 3.19. The Morgan fingerprint density at radius 3 is 2.43 bits per heavy atom. The molecule has 0 N–H and O–H groups in total. The minimum Gasteiger partial charge on any atom is -0.466 e. The highest BCUT2D eigenvalue weighted by Gasteiger charge is 2.24. The molecule has 0 aromatic carbocycles. The fourth-order valence-electron chi connectivity index (χ4n) is 2.86. The molecule has 0 aromatic heterocycles. The molecule has 1 fully saturated rings. The van der Waals surface area contributed by atoms with Gasteiger partial charge in [0.1, 0.15) is 5.78 Å². The zero-order chi connectivity index (χ0) is 15.7. The number of carbonyl (C=O) groups is 2. The molecule has 0 unspecified atom stereocenters. The molecule has 1 rings (SSSR count). The molecule has 0 spiro atoms. The van der Waals surface area contributed by atoms with E-state index in [-0.39, 0.29) is 18.2 Å². The molecule has 0 heterocycles. The summed E-state index contributed by atoms with van der Waals surface area (Å²) in [4.78, 5) is 25.8. The van der Waals surface area contributed by atoms with Crippen LogP contribution in [0.2, 0.25) is 0 Å². The first kappa shape index (κ1) is 18.1. The van der Waals surface area contributed by atoms with E-state index in [0.29, 0.717) is 31.5 Å². The van der Waals surface area contributed by atoms with Crippen molar-refractivity contribution in [1.29, 1.82) is 0 Å². The average molecular weight is 297 g/mol. The van der Waals surface area contributed by atoms with Crippen LogP contribution in [0.3, 0.4) is 0 Å². The molecule has 0 amide bonds. The van der Waals surface area contributed by atoms with E-state index in [1.165, 1.54) is 25.7 Å². The van der Waals surface area contributed by atoms with Crippen molar-refractivity contribution in [1.82, 2.24) is 4.90 Å². The maximum Gasteiger partial charge on any atom is 0.306 e. The highest BCUT2D eigenvalue weighted by Crippen LogP contribution is 2.24. The second kappa shape index (κ2) is 9.93. The van der Waals surface area contributed by atoms with Gasteiger partial charge in [-0.05, 0) is 38.6 Å². The number of carbonyl (C=O) groups excluding carboxylic acids is 2. The van der Waals surface area contributed by atoms with Crippen LogP contribution in [0.5, 0.6) is 0 Å². The highest BCUT2D eigenvalue weighted by molar-refractivity contribution is 5.84. The van der Waals surface area contributed by atoms with E-state index in [2.05, 4.69) is 18.7 Å². The van der Waals surface area contributed by atoms with Crippen LogP contribution in [0.25, 0.3) is 0 Å². The van der Waals surface area contributed by atoms with Crippen LogP contribution < -0.4 is 0 Å². The standard InChI is InChI=1S/C17H31NO3/c1-4-21-17(20)10-9-16(19)13-18(12-11-14(2)3)15-7-5-6-8-15/h14-15H,4-13H2,1-3H3. The second-order valence-corrected chi connectivity index (χ2v) is 6.43. The smallest absolute Gasteiger partial charge is 0.306 e. The lowest BCUT2D eigenvalue weighted by Gasteiger charge is -2.28. The molecule has 0 radical (unpaired) electrons. The summed E-state index contributed by atoms with van der Waals surface area (Å²) in [5.41, 5.74) is 0. The monoisotopic (exact) mass is 297 g/mol. The Balaban J connectivity index is 2.39. The Kier molecular flexibility index (Phi) is 8.58. The largest absolute Gasteiger partial charge is 0.466 e. The van der Waals surface area contributed by atoms with Crippen LogP contribution in [0.4, 0.5) is 0 Å². The van der Waals surface area contributed by atoms with Gasteiger partial charge in [-0.2, -0.15) is 0 Å². The van der Waals surface area contributed by atoms with Crippen LogP contribution in [0.1, 0.15) is 65.7 Å². The van der Waals surface area contributed by atoms with Crippen molar-refractivity contribution in [3.05, 3.63) is 0 Å². The van der Waals surface area contributed by atoms with Crippen molar-refractivity contribution >= 4 is 11.8 Å². The summed E-state index contributed by atoms with van der Waals surface area (Å²) in [6.45, 7) is 8.10. The number of hydrogen-bond donors (Lipinski definition) is 0. The van der Waals surface area contributed by atoms with Gasteiger partial charge in [0.25, 0.3) is 0 Å². The Hall–Kier alpha value is -0.900. The molecule has 1 aliphatic carbocycles. The van der Waals surface area contributed by atoms with Crippen molar-refractivity contribution in [3.63, 3.8) is 0 Å². The van der Waals surface area contributed by atoms with Crippen molar-refractivity contribution in [2.24, 2.45) is 5.92 Å². The maximum atomic E-state index is 12.1. The van der Waals surface area contributed by atoms with Crippen molar-refractivity contribution in [2.75, 3.05) is 19.7 Å². The summed E-state index contributed by atoms with van der Waals surface area (Å²) in [7, 11) is 0. The molecule has 0 bridgehead atoms. The van der Waals surface area contributed by atoms with Crippen LogP contribution >= 0.6 is 0 Å². The lowest BCUT2D eigenvalue weighted by Crippen LogP contribution is -2.38. The molecule has 1 saturated carbocycles. The zero-order valence-electron chi connectivity index (χ0n) is 13.9. The highest BCUT2D eigenvalue weighted by atomic mass is 16.5. The van der Waals surface area contributed by atoms with Crippen LogP contribution in [-0.2, 0) is 14.3 Å². The topological polar surface area (TPSA) is 46.6 Å².